The highest BCUT2D eigenvalue weighted by molar-refractivity contribution is 6.31. The van der Waals surface area contributed by atoms with Gasteiger partial charge in [-0.3, -0.25) is 9.59 Å². The normalized spacial score (nSPS) is 15.2. The Bertz CT molecular complexity index is 1540. The van der Waals surface area contributed by atoms with E-state index in [9.17, 15) is 9.59 Å². The molecule has 6 rings (SSSR count). The van der Waals surface area contributed by atoms with Gasteiger partial charge in [-0.15, -0.1) is 0 Å². The summed E-state index contributed by atoms with van der Waals surface area (Å²) < 4.78 is 0. The van der Waals surface area contributed by atoms with E-state index in [1.165, 1.54) is 0 Å². The number of fused-ring (bicyclic) bond motifs is 1. The first-order valence-electron chi connectivity index (χ1n) is 12.1. The van der Waals surface area contributed by atoms with Gasteiger partial charge in [0.1, 0.15) is 0 Å². The number of rotatable bonds is 6. The van der Waals surface area contributed by atoms with Crippen molar-refractivity contribution < 1.29 is 9.59 Å². The highest BCUT2D eigenvalue weighted by Crippen LogP contribution is 2.47. The SMILES string of the molecule is O=C1C2=C(c3ccc(Cl)cc3)N(Cc3ccccc3)C(=O)C2=C(c2ccccc2)N1Cc1ccccc1. The Kier molecular flexibility index (Phi) is 5.95. The van der Waals surface area contributed by atoms with Crippen molar-refractivity contribution in [1.29, 1.82) is 0 Å². The first-order chi connectivity index (χ1) is 18.1. The molecule has 0 saturated heterocycles. The lowest BCUT2D eigenvalue weighted by Gasteiger charge is -2.25. The molecule has 0 radical (unpaired) electrons. The van der Waals surface area contributed by atoms with Crippen molar-refractivity contribution in [1.82, 2.24) is 9.80 Å². The van der Waals surface area contributed by atoms with Crippen molar-refractivity contribution in [3.05, 3.63) is 154 Å². The van der Waals surface area contributed by atoms with Crippen molar-refractivity contribution in [3.8, 4) is 0 Å². The predicted molar refractivity (Wildman–Crippen MR) is 146 cm³/mol. The van der Waals surface area contributed by atoms with Crippen molar-refractivity contribution in [2.75, 3.05) is 0 Å². The molecule has 4 aromatic rings. The highest BCUT2D eigenvalue weighted by atomic mass is 35.5. The van der Waals surface area contributed by atoms with Gasteiger partial charge in [0.15, 0.2) is 0 Å². The van der Waals surface area contributed by atoms with Crippen LogP contribution >= 0.6 is 11.6 Å². The van der Waals surface area contributed by atoms with Gasteiger partial charge in [0.25, 0.3) is 11.8 Å². The second-order valence-corrected chi connectivity index (χ2v) is 9.51. The second kappa shape index (κ2) is 9.57. The van der Waals surface area contributed by atoms with Gasteiger partial charge in [-0.1, -0.05) is 115 Å². The second-order valence-electron chi connectivity index (χ2n) is 9.07. The van der Waals surface area contributed by atoms with Crippen LogP contribution in [-0.4, -0.2) is 21.6 Å². The van der Waals surface area contributed by atoms with E-state index in [1.54, 1.807) is 21.9 Å². The van der Waals surface area contributed by atoms with Gasteiger partial charge in [0.2, 0.25) is 0 Å². The maximum absolute atomic E-state index is 14.2. The van der Waals surface area contributed by atoms with E-state index < -0.39 is 0 Å². The van der Waals surface area contributed by atoms with E-state index in [2.05, 4.69) is 0 Å². The number of carbonyl (C=O) groups excluding carboxylic acids is 2. The van der Waals surface area contributed by atoms with Crippen molar-refractivity contribution in [2.45, 2.75) is 13.1 Å². The largest absolute Gasteiger partial charge is 0.302 e. The molecule has 0 aliphatic carbocycles. The molecule has 5 heteroatoms. The number of hydrogen-bond donors (Lipinski definition) is 0. The summed E-state index contributed by atoms with van der Waals surface area (Å²) in [5.74, 6) is -0.349. The summed E-state index contributed by atoms with van der Waals surface area (Å²) in [4.78, 5) is 31.8. The quantitative estimate of drug-likeness (QED) is 0.300. The van der Waals surface area contributed by atoms with Crippen LogP contribution < -0.4 is 0 Å². The summed E-state index contributed by atoms with van der Waals surface area (Å²) >= 11 is 6.19. The Hall–Kier alpha value is -4.41. The van der Waals surface area contributed by atoms with E-state index in [1.807, 2.05) is 103 Å². The van der Waals surface area contributed by atoms with Gasteiger partial charge in [0.05, 0.1) is 35.6 Å². The lowest BCUT2D eigenvalue weighted by Crippen LogP contribution is -2.29. The third kappa shape index (κ3) is 4.15. The molecule has 0 N–H and O–H groups in total. The Labute approximate surface area is 220 Å². The summed E-state index contributed by atoms with van der Waals surface area (Å²) in [6, 6.07) is 36.7. The Morgan fingerprint density at radius 2 is 0.865 bits per heavy atom. The van der Waals surface area contributed by atoms with Crippen LogP contribution in [0.3, 0.4) is 0 Å². The molecule has 4 nitrogen and oxygen atoms in total. The van der Waals surface area contributed by atoms with Gasteiger partial charge >= 0.3 is 0 Å². The Morgan fingerprint density at radius 3 is 1.30 bits per heavy atom. The minimum atomic E-state index is -0.174. The van der Waals surface area contributed by atoms with Crippen LogP contribution in [0, 0.1) is 0 Å². The van der Waals surface area contributed by atoms with E-state index in [-0.39, 0.29) is 11.8 Å². The summed E-state index contributed by atoms with van der Waals surface area (Å²) in [5, 5.41) is 0.595. The van der Waals surface area contributed by atoms with Crippen LogP contribution in [0.1, 0.15) is 22.3 Å². The fraction of sp³-hybridized carbons (Fsp3) is 0.0625. The van der Waals surface area contributed by atoms with Crippen LogP contribution in [0.2, 0.25) is 5.02 Å². The third-order valence-electron chi connectivity index (χ3n) is 6.71. The molecule has 4 aromatic carbocycles. The maximum atomic E-state index is 14.2. The summed E-state index contributed by atoms with van der Waals surface area (Å²) in [5.41, 5.74) is 5.76. The highest BCUT2D eigenvalue weighted by Gasteiger charge is 2.48. The van der Waals surface area contributed by atoms with E-state index >= 15 is 0 Å². The molecule has 0 fully saturated rings. The maximum Gasteiger partial charge on any atom is 0.261 e. The van der Waals surface area contributed by atoms with Gasteiger partial charge in [0, 0.05) is 5.02 Å². The molecule has 0 spiro atoms. The van der Waals surface area contributed by atoms with E-state index in [0.29, 0.717) is 40.7 Å². The number of nitrogens with zero attached hydrogens (tertiary/aromatic N) is 2. The van der Waals surface area contributed by atoms with Gasteiger partial charge in [-0.2, -0.15) is 0 Å². The zero-order valence-electron chi connectivity index (χ0n) is 20.0. The molecule has 0 unspecified atom stereocenters. The first-order valence-corrected chi connectivity index (χ1v) is 12.5. The Morgan fingerprint density at radius 1 is 0.486 bits per heavy atom. The molecule has 37 heavy (non-hydrogen) atoms. The molecule has 0 aromatic heterocycles. The standard InChI is InChI=1S/C32H23ClN2O2/c33-26-18-16-25(17-19-26)30-28-27(31(36)35(30)21-23-12-6-2-7-13-23)29(24-14-8-3-9-15-24)34(32(28)37)20-22-10-4-1-5-11-22/h1-19H,20-21H2. The van der Waals surface area contributed by atoms with Gasteiger partial charge in [-0.05, 0) is 34.4 Å². The van der Waals surface area contributed by atoms with Gasteiger partial charge in [-0.25, -0.2) is 0 Å². The zero-order chi connectivity index (χ0) is 25.4. The lowest BCUT2D eigenvalue weighted by atomic mass is 10.0. The minimum Gasteiger partial charge on any atom is -0.302 e. The molecule has 2 heterocycles. The smallest absolute Gasteiger partial charge is 0.261 e. The van der Waals surface area contributed by atoms with Crippen LogP contribution in [0.15, 0.2) is 126 Å². The molecule has 180 valence electrons. The summed E-state index contributed by atoms with van der Waals surface area (Å²) in [6.07, 6.45) is 0. The molecule has 2 aliphatic rings. The molecular formula is C32H23ClN2O2. The van der Waals surface area contributed by atoms with E-state index in [0.717, 1.165) is 22.3 Å². The van der Waals surface area contributed by atoms with Crippen LogP contribution in [0.4, 0.5) is 0 Å². The van der Waals surface area contributed by atoms with Crippen LogP contribution in [0.5, 0.6) is 0 Å². The molecule has 2 amide bonds. The van der Waals surface area contributed by atoms with Crippen LogP contribution in [0.25, 0.3) is 11.4 Å². The van der Waals surface area contributed by atoms with Crippen molar-refractivity contribution >= 4 is 34.8 Å². The number of hydrogen-bond acceptors (Lipinski definition) is 2. The van der Waals surface area contributed by atoms with E-state index in [4.69, 9.17) is 11.6 Å². The summed E-state index contributed by atoms with van der Waals surface area (Å²) in [6.45, 7) is 0.732. The van der Waals surface area contributed by atoms with Crippen LogP contribution in [-0.2, 0) is 22.7 Å². The Balaban J connectivity index is 1.57. The average Bonchev–Trinajstić information content (AvgIpc) is 3.37. The number of halogens is 1. The number of benzene rings is 4. The first kappa shape index (κ1) is 23.0. The topological polar surface area (TPSA) is 40.6 Å². The minimum absolute atomic E-state index is 0.174. The molecule has 0 bridgehead atoms. The monoisotopic (exact) mass is 502 g/mol. The van der Waals surface area contributed by atoms with Gasteiger partial charge < -0.3 is 9.80 Å². The zero-order valence-corrected chi connectivity index (χ0v) is 20.7. The molecule has 0 atom stereocenters. The fourth-order valence-electron chi connectivity index (χ4n) is 5.03. The molecule has 0 saturated carbocycles. The average molecular weight is 503 g/mol. The fourth-order valence-corrected chi connectivity index (χ4v) is 5.16. The molecular weight excluding hydrogens is 480 g/mol. The summed E-state index contributed by atoms with van der Waals surface area (Å²) in [7, 11) is 0. The number of amides is 2. The van der Waals surface area contributed by atoms with Crippen molar-refractivity contribution in [3.63, 3.8) is 0 Å². The lowest BCUT2D eigenvalue weighted by molar-refractivity contribution is -0.124. The van der Waals surface area contributed by atoms with Crippen molar-refractivity contribution in [2.24, 2.45) is 0 Å². The predicted octanol–water partition coefficient (Wildman–Crippen LogP) is 6.55. The third-order valence-corrected chi connectivity index (χ3v) is 6.97. The number of carbonyl (C=O) groups is 2. The molecule has 2 aliphatic heterocycles.